The Labute approximate surface area is 146 Å². The predicted molar refractivity (Wildman–Crippen MR) is 96.0 cm³/mol. The van der Waals surface area contributed by atoms with E-state index in [-0.39, 0.29) is 5.91 Å². The molecule has 0 atom stereocenters. The van der Waals surface area contributed by atoms with Crippen molar-refractivity contribution in [3.63, 3.8) is 0 Å². The van der Waals surface area contributed by atoms with E-state index >= 15 is 0 Å². The van der Waals surface area contributed by atoms with Crippen molar-refractivity contribution in [3.05, 3.63) is 65.1 Å². The maximum Gasteiger partial charge on any atom is 0.273 e. The molecule has 25 heavy (non-hydrogen) atoms. The molecule has 5 nitrogen and oxygen atoms in total. The van der Waals surface area contributed by atoms with Crippen LogP contribution < -0.4 is 4.74 Å². The van der Waals surface area contributed by atoms with Gasteiger partial charge in [-0.25, -0.2) is 4.98 Å². The molecular weight excluding hydrogens is 314 g/mol. The lowest BCUT2D eigenvalue weighted by Gasteiger charge is -2.28. The van der Waals surface area contributed by atoms with Crippen molar-refractivity contribution in [1.29, 1.82) is 0 Å². The Bertz CT molecular complexity index is 945. The molecule has 0 fully saturated rings. The van der Waals surface area contributed by atoms with Crippen molar-refractivity contribution in [1.82, 2.24) is 14.3 Å². The number of imidazole rings is 1. The fourth-order valence-electron chi connectivity index (χ4n) is 3.50. The molecule has 3 aromatic rings. The molecule has 4 rings (SSSR count). The van der Waals surface area contributed by atoms with Gasteiger partial charge >= 0.3 is 0 Å². The number of fused-ring (bicyclic) bond motifs is 2. The van der Waals surface area contributed by atoms with Gasteiger partial charge < -0.3 is 9.64 Å². The highest BCUT2D eigenvalue weighted by atomic mass is 16.5. The number of hydrogen-bond acceptors (Lipinski definition) is 3. The minimum atomic E-state index is 0.0214. The first-order chi connectivity index (χ1) is 12.2. The summed E-state index contributed by atoms with van der Waals surface area (Å²) in [4.78, 5) is 19.7. The number of nitrogens with zero attached hydrogens (tertiary/aromatic N) is 3. The van der Waals surface area contributed by atoms with Crippen LogP contribution in [0.25, 0.3) is 5.65 Å². The number of rotatable bonds is 3. The minimum Gasteiger partial charge on any atom is -0.490 e. The maximum absolute atomic E-state index is 13.2. The zero-order chi connectivity index (χ0) is 17.4. The number of carbonyl (C=O) groups is 1. The zero-order valence-electron chi connectivity index (χ0n) is 14.5. The smallest absolute Gasteiger partial charge is 0.273 e. The van der Waals surface area contributed by atoms with Gasteiger partial charge in [-0.05, 0) is 43.5 Å². The molecule has 5 heteroatoms. The molecule has 128 valence electrons. The van der Waals surface area contributed by atoms with Crippen molar-refractivity contribution < 1.29 is 9.53 Å². The number of carbonyl (C=O) groups excluding carboxylic acids is 1. The van der Waals surface area contributed by atoms with Crippen LogP contribution >= 0.6 is 0 Å². The van der Waals surface area contributed by atoms with Gasteiger partial charge in [0.2, 0.25) is 0 Å². The molecule has 0 radical (unpaired) electrons. The Hall–Kier alpha value is -2.82. The zero-order valence-corrected chi connectivity index (χ0v) is 14.5. The molecular formula is C20H21N3O2. The molecule has 1 aromatic carbocycles. The van der Waals surface area contributed by atoms with Crippen LogP contribution in [0.3, 0.4) is 0 Å². The van der Waals surface area contributed by atoms with Gasteiger partial charge in [-0.15, -0.1) is 0 Å². The van der Waals surface area contributed by atoms with Crippen molar-refractivity contribution in [2.24, 2.45) is 0 Å². The number of aromatic nitrogens is 2. The van der Waals surface area contributed by atoms with E-state index in [2.05, 4.69) is 23.2 Å². The second-order valence-electron chi connectivity index (χ2n) is 6.29. The quantitative estimate of drug-likeness (QED) is 0.738. The third kappa shape index (κ3) is 2.65. The molecule has 0 unspecified atom stereocenters. The Morgan fingerprint density at radius 3 is 2.80 bits per heavy atom. The highest BCUT2D eigenvalue weighted by Gasteiger charge is 2.26. The summed E-state index contributed by atoms with van der Waals surface area (Å²) in [5, 5.41) is 0. The summed E-state index contributed by atoms with van der Waals surface area (Å²) in [7, 11) is 0. The molecule has 3 heterocycles. The van der Waals surface area contributed by atoms with E-state index < -0.39 is 0 Å². The first kappa shape index (κ1) is 15.7. The summed E-state index contributed by atoms with van der Waals surface area (Å²) < 4.78 is 7.50. The SMILES string of the molecule is CCOc1cccn2c(C(=O)N3CCc4ccccc4C3)c(C)nc12. The Balaban J connectivity index is 1.71. The van der Waals surface area contributed by atoms with Crippen LogP contribution in [-0.4, -0.2) is 33.3 Å². The molecule has 0 bridgehead atoms. The standard InChI is InChI=1S/C20H21N3O2/c1-3-25-17-9-6-11-23-18(14(2)21-19(17)23)20(24)22-12-10-15-7-4-5-8-16(15)13-22/h4-9,11H,3,10,12-13H2,1-2H3. The number of pyridine rings is 1. The molecule has 2 aromatic heterocycles. The lowest BCUT2D eigenvalue weighted by molar-refractivity contribution is 0.0727. The third-order valence-electron chi connectivity index (χ3n) is 4.71. The molecule has 0 spiro atoms. The largest absolute Gasteiger partial charge is 0.490 e. The second kappa shape index (κ2) is 6.24. The molecule has 1 amide bonds. The normalized spacial score (nSPS) is 13.8. The van der Waals surface area contributed by atoms with Gasteiger partial charge in [0, 0.05) is 19.3 Å². The first-order valence-electron chi connectivity index (χ1n) is 8.65. The van der Waals surface area contributed by atoms with Crippen molar-refractivity contribution in [3.8, 4) is 5.75 Å². The van der Waals surface area contributed by atoms with E-state index in [0.717, 1.165) is 18.7 Å². The van der Waals surface area contributed by atoms with Gasteiger partial charge in [0.25, 0.3) is 5.91 Å². The first-order valence-corrected chi connectivity index (χ1v) is 8.65. The van der Waals surface area contributed by atoms with Crippen molar-refractivity contribution >= 4 is 11.6 Å². The molecule has 0 aliphatic carbocycles. The van der Waals surface area contributed by atoms with E-state index in [1.807, 2.05) is 47.5 Å². The minimum absolute atomic E-state index is 0.0214. The topological polar surface area (TPSA) is 46.8 Å². The second-order valence-corrected chi connectivity index (χ2v) is 6.29. The van der Waals surface area contributed by atoms with Gasteiger partial charge in [0.05, 0.1) is 12.3 Å². The third-order valence-corrected chi connectivity index (χ3v) is 4.71. The number of hydrogen-bond donors (Lipinski definition) is 0. The van der Waals surface area contributed by atoms with E-state index in [1.165, 1.54) is 11.1 Å². The summed E-state index contributed by atoms with van der Waals surface area (Å²) >= 11 is 0. The van der Waals surface area contributed by atoms with Gasteiger partial charge in [-0.2, -0.15) is 0 Å². The monoisotopic (exact) mass is 335 g/mol. The van der Waals surface area contributed by atoms with Crippen LogP contribution in [0.5, 0.6) is 5.75 Å². The van der Waals surface area contributed by atoms with Crippen LogP contribution in [-0.2, 0) is 13.0 Å². The van der Waals surface area contributed by atoms with E-state index in [1.54, 1.807) is 0 Å². The average Bonchev–Trinajstić information content (AvgIpc) is 2.98. The maximum atomic E-state index is 13.2. The van der Waals surface area contributed by atoms with Gasteiger partial charge in [-0.3, -0.25) is 9.20 Å². The number of ether oxygens (including phenoxy) is 1. The molecule has 0 N–H and O–H groups in total. The van der Waals surface area contributed by atoms with Crippen molar-refractivity contribution in [2.45, 2.75) is 26.8 Å². The van der Waals surface area contributed by atoms with Crippen LogP contribution in [0.4, 0.5) is 0 Å². The number of benzene rings is 1. The van der Waals surface area contributed by atoms with E-state index in [0.29, 0.717) is 30.2 Å². The molecule has 0 saturated carbocycles. The van der Waals surface area contributed by atoms with Crippen LogP contribution in [0.2, 0.25) is 0 Å². The highest BCUT2D eigenvalue weighted by Crippen LogP contribution is 2.25. The van der Waals surface area contributed by atoms with E-state index in [4.69, 9.17) is 4.74 Å². The predicted octanol–water partition coefficient (Wildman–Crippen LogP) is 3.24. The van der Waals surface area contributed by atoms with Gasteiger partial charge in [0.15, 0.2) is 11.4 Å². The molecule has 1 aliphatic rings. The summed E-state index contributed by atoms with van der Waals surface area (Å²) in [5.74, 6) is 0.726. The number of amides is 1. The summed E-state index contributed by atoms with van der Waals surface area (Å²) in [6, 6.07) is 12.1. The number of aryl methyl sites for hydroxylation is 1. The fraction of sp³-hybridized carbons (Fsp3) is 0.300. The Kier molecular flexibility index (Phi) is 3.92. The molecule has 0 saturated heterocycles. The summed E-state index contributed by atoms with van der Waals surface area (Å²) in [6.45, 7) is 5.77. The van der Waals surface area contributed by atoms with E-state index in [9.17, 15) is 4.79 Å². The summed E-state index contributed by atoms with van der Waals surface area (Å²) in [5.41, 5.74) is 4.61. The Morgan fingerprint density at radius 2 is 2.00 bits per heavy atom. The van der Waals surface area contributed by atoms with Crippen LogP contribution in [0.1, 0.15) is 34.2 Å². The molecule has 1 aliphatic heterocycles. The van der Waals surface area contributed by atoms with Gasteiger partial charge in [0.1, 0.15) is 5.69 Å². The van der Waals surface area contributed by atoms with Gasteiger partial charge in [-0.1, -0.05) is 24.3 Å². The van der Waals surface area contributed by atoms with Crippen LogP contribution in [0.15, 0.2) is 42.6 Å². The lowest BCUT2D eigenvalue weighted by atomic mass is 9.99. The fourth-order valence-corrected chi connectivity index (χ4v) is 3.50. The Morgan fingerprint density at radius 1 is 1.20 bits per heavy atom. The lowest BCUT2D eigenvalue weighted by Crippen LogP contribution is -2.36. The highest BCUT2D eigenvalue weighted by molar-refractivity contribution is 5.95. The van der Waals surface area contributed by atoms with Crippen molar-refractivity contribution in [2.75, 3.05) is 13.2 Å². The average molecular weight is 335 g/mol. The summed E-state index contributed by atoms with van der Waals surface area (Å²) in [6.07, 6.45) is 2.77. The van der Waals surface area contributed by atoms with Crippen LogP contribution in [0, 0.1) is 6.92 Å².